The van der Waals surface area contributed by atoms with Gasteiger partial charge in [-0.2, -0.15) is 0 Å². The number of Topliss-reactive ketones (excluding diaryl/α,β-unsaturated/α-hetero) is 1. The number of likely N-dealkylation sites (N-methyl/N-ethyl adjacent to an activating group) is 1. The van der Waals surface area contributed by atoms with Crippen LogP contribution in [0.15, 0.2) is 54.4 Å². The molecule has 2 aliphatic heterocycles. The minimum Gasteiger partial charge on any atom is -0.493 e. The first kappa shape index (κ1) is 33.0. The molecule has 2 aromatic rings. The molecule has 3 saturated carbocycles. The number of carbonyl (C=O) groups is 2. The van der Waals surface area contributed by atoms with E-state index in [4.69, 9.17) is 14.2 Å². The van der Waals surface area contributed by atoms with Crippen molar-refractivity contribution in [3.63, 3.8) is 0 Å². The number of amides is 1. The van der Waals surface area contributed by atoms with Crippen molar-refractivity contribution in [1.29, 1.82) is 0 Å². The summed E-state index contributed by atoms with van der Waals surface area (Å²) in [5.74, 6) is 1.38. The van der Waals surface area contributed by atoms with E-state index in [0.717, 1.165) is 24.1 Å². The monoisotopic (exact) mass is 660 g/mol. The molecule has 0 radical (unpaired) electrons. The summed E-state index contributed by atoms with van der Waals surface area (Å²) < 4.78 is 34.1. The standard InChI is InChI=1S/C38H49FN4O5/c1-42(17-14-26-10-6-7-15-40-26)38(45)28-22-43-30-19-24-8-4-5-9-25(24)20-32(30)48-37-34(29(39)21-27(35(37)43)36(28)44)41-16-13-23-11-12-31(46-2)33(18-23)47-3/h6-7,10-12,15,18,22,24-25,27,29-30,32,34-35,37,41H,4-5,8-9,13-14,16-17,19-21H2,1-3H3. The first-order valence-electron chi connectivity index (χ1n) is 17.8. The van der Waals surface area contributed by atoms with Gasteiger partial charge in [0.15, 0.2) is 17.3 Å². The Hall–Kier alpha value is -3.50. The number of methoxy groups -OCH3 is 2. The second kappa shape index (κ2) is 14.2. The summed E-state index contributed by atoms with van der Waals surface area (Å²) in [6.45, 7) is 0.985. The molecule has 3 heterocycles. The van der Waals surface area contributed by atoms with Crippen molar-refractivity contribution >= 4 is 11.7 Å². The molecule has 7 rings (SSSR count). The molecule has 0 spiro atoms. The number of hydrogen-bond acceptors (Lipinski definition) is 8. The van der Waals surface area contributed by atoms with Gasteiger partial charge in [0.05, 0.1) is 50.1 Å². The third kappa shape index (κ3) is 6.33. The van der Waals surface area contributed by atoms with Gasteiger partial charge in [-0.25, -0.2) is 4.39 Å². The Labute approximate surface area is 283 Å². The number of nitrogens with one attached hydrogen (secondary N) is 1. The Morgan fingerprint density at radius 2 is 1.85 bits per heavy atom. The van der Waals surface area contributed by atoms with E-state index in [1.54, 1.807) is 32.4 Å². The normalized spacial score (nSPS) is 32.3. The lowest BCUT2D eigenvalue weighted by atomic mass is 9.65. The van der Waals surface area contributed by atoms with Gasteiger partial charge in [0.1, 0.15) is 6.17 Å². The summed E-state index contributed by atoms with van der Waals surface area (Å²) >= 11 is 0. The number of pyridine rings is 1. The Morgan fingerprint density at radius 3 is 2.60 bits per heavy atom. The van der Waals surface area contributed by atoms with Crippen LogP contribution in [0.2, 0.25) is 0 Å². The highest BCUT2D eigenvalue weighted by Crippen LogP contribution is 2.50. The number of benzene rings is 1. The highest BCUT2D eigenvalue weighted by molar-refractivity contribution is 6.20. The predicted molar refractivity (Wildman–Crippen MR) is 179 cm³/mol. The topological polar surface area (TPSA) is 93.2 Å². The van der Waals surface area contributed by atoms with Gasteiger partial charge >= 0.3 is 0 Å². The van der Waals surface area contributed by atoms with E-state index in [1.165, 1.54) is 25.7 Å². The number of ether oxygens (including phenoxy) is 3. The van der Waals surface area contributed by atoms with Crippen LogP contribution < -0.4 is 14.8 Å². The second-order valence-corrected chi connectivity index (χ2v) is 14.4. The fraction of sp³-hybridized carbons (Fsp3) is 0.605. The van der Waals surface area contributed by atoms with Gasteiger partial charge in [0.2, 0.25) is 0 Å². The average molecular weight is 661 g/mol. The number of carbonyl (C=O) groups excluding carboxylic acids is 2. The van der Waals surface area contributed by atoms with E-state index in [9.17, 15) is 9.59 Å². The fourth-order valence-corrected chi connectivity index (χ4v) is 9.24. The van der Waals surface area contributed by atoms with Gasteiger partial charge < -0.3 is 29.3 Å². The number of hydrogen-bond donors (Lipinski definition) is 1. The summed E-state index contributed by atoms with van der Waals surface area (Å²) in [7, 11) is 4.97. The molecule has 48 heavy (non-hydrogen) atoms. The summed E-state index contributed by atoms with van der Waals surface area (Å²) in [5.41, 5.74) is 2.12. The van der Waals surface area contributed by atoms with Gasteiger partial charge in [0, 0.05) is 44.0 Å². The molecule has 3 aliphatic carbocycles. The van der Waals surface area contributed by atoms with Gasteiger partial charge in [-0.1, -0.05) is 37.8 Å². The van der Waals surface area contributed by atoms with E-state index in [1.807, 2.05) is 42.6 Å². The molecule has 1 N–H and O–H groups in total. The molecule has 9 nitrogen and oxygen atoms in total. The van der Waals surface area contributed by atoms with E-state index >= 15 is 4.39 Å². The maximum Gasteiger partial charge on any atom is 0.258 e. The Balaban J connectivity index is 1.13. The molecular formula is C38H49FN4O5. The lowest BCUT2D eigenvalue weighted by molar-refractivity contribution is -0.208. The molecule has 9 atom stereocenters. The lowest BCUT2D eigenvalue weighted by Gasteiger charge is -2.61. The number of nitrogens with zero attached hydrogens (tertiary/aromatic N) is 3. The molecule has 1 amide bonds. The Morgan fingerprint density at radius 1 is 1.06 bits per heavy atom. The summed E-state index contributed by atoms with van der Waals surface area (Å²) in [4.78, 5) is 36.3. The van der Waals surface area contributed by atoms with Crippen molar-refractivity contribution in [2.24, 2.45) is 17.8 Å². The zero-order valence-electron chi connectivity index (χ0n) is 28.4. The Kier molecular flexibility index (Phi) is 9.74. The number of ketones is 1. The number of halogens is 1. The molecule has 9 unspecified atom stereocenters. The molecule has 10 heteroatoms. The van der Waals surface area contributed by atoms with Crippen LogP contribution in [-0.4, -0.2) is 97.3 Å². The third-order valence-electron chi connectivity index (χ3n) is 11.7. The summed E-state index contributed by atoms with van der Waals surface area (Å²) in [5, 5.41) is 3.51. The van der Waals surface area contributed by atoms with Gasteiger partial charge in [-0.15, -0.1) is 0 Å². The van der Waals surface area contributed by atoms with Crippen molar-refractivity contribution in [3.05, 3.63) is 65.6 Å². The largest absolute Gasteiger partial charge is 0.493 e. The maximum atomic E-state index is 16.3. The zero-order chi connectivity index (χ0) is 33.4. The molecule has 5 aliphatic rings. The minimum absolute atomic E-state index is 0.0608. The molecule has 1 saturated heterocycles. The lowest BCUT2D eigenvalue weighted by Crippen LogP contribution is -2.73. The van der Waals surface area contributed by atoms with Crippen molar-refractivity contribution in [2.75, 3.05) is 34.4 Å². The highest BCUT2D eigenvalue weighted by Gasteiger charge is 2.59. The van der Waals surface area contributed by atoms with E-state index in [0.29, 0.717) is 49.3 Å². The van der Waals surface area contributed by atoms with Gasteiger partial charge in [-0.05, 0) is 73.9 Å². The number of alkyl halides is 1. The number of morpholine rings is 1. The first-order chi connectivity index (χ1) is 23.4. The number of aromatic nitrogens is 1. The van der Waals surface area contributed by atoms with Crippen LogP contribution in [0, 0.1) is 17.8 Å². The third-order valence-corrected chi connectivity index (χ3v) is 11.7. The van der Waals surface area contributed by atoms with Crippen LogP contribution in [0.1, 0.15) is 56.2 Å². The van der Waals surface area contributed by atoms with Crippen molar-refractivity contribution < 1.29 is 28.2 Å². The van der Waals surface area contributed by atoms with E-state index < -0.39 is 24.2 Å². The maximum absolute atomic E-state index is 16.3. The second-order valence-electron chi connectivity index (χ2n) is 14.4. The SMILES string of the molecule is COc1ccc(CCNC2C(F)CC3C(=O)C(C(=O)N(C)CCc4ccccn4)=CN4C5CC6CCCCC6CC5OC2C34)cc1OC. The predicted octanol–water partition coefficient (Wildman–Crippen LogP) is 4.53. The van der Waals surface area contributed by atoms with Crippen LogP contribution in [-0.2, 0) is 27.2 Å². The van der Waals surface area contributed by atoms with Crippen LogP contribution in [0.25, 0.3) is 0 Å². The molecule has 258 valence electrons. The fourth-order valence-electron chi connectivity index (χ4n) is 9.24. The molecule has 4 fully saturated rings. The van der Waals surface area contributed by atoms with Crippen molar-refractivity contribution in [3.8, 4) is 11.5 Å². The van der Waals surface area contributed by atoms with E-state index in [2.05, 4.69) is 15.2 Å². The number of fused-ring (bicyclic) bond motifs is 3. The van der Waals surface area contributed by atoms with E-state index in [-0.39, 0.29) is 41.9 Å². The summed E-state index contributed by atoms with van der Waals surface area (Å²) in [6.07, 6.45) is 9.95. The van der Waals surface area contributed by atoms with Gasteiger partial charge in [0.25, 0.3) is 5.91 Å². The Bertz CT molecular complexity index is 1510. The summed E-state index contributed by atoms with van der Waals surface area (Å²) in [6, 6.07) is 10.8. The van der Waals surface area contributed by atoms with Crippen LogP contribution >= 0.6 is 0 Å². The highest BCUT2D eigenvalue weighted by atomic mass is 19.1. The first-order valence-corrected chi connectivity index (χ1v) is 17.8. The van der Waals surface area contributed by atoms with Crippen LogP contribution in [0.3, 0.4) is 0 Å². The average Bonchev–Trinajstić information content (AvgIpc) is 3.11. The minimum atomic E-state index is -1.29. The van der Waals surface area contributed by atoms with Gasteiger partial charge in [-0.3, -0.25) is 14.6 Å². The smallest absolute Gasteiger partial charge is 0.258 e. The van der Waals surface area contributed by atoms with Crippen LogP contribution in [0.5, 0.6) is 11.5 Å². The van der Waals surface area contributed by atoms with Crippen LogP contribution in [0.4, 0.5) is 4.39 Å². The molecular weight excluding hydrogens is 611 g/mol. The quantitative estimate of drug-likeness (QED) is 0.372. The molecule has 1 aromatic carbocycles. The zero-order valence-corrected chi connectivity index (χ0v) is 28.4. The molecule has 1 aromatic heterocycles. The number of rotatable bonds is 10. The van der Waals surface area contributed by atoms with Crippen molar-refractivity contribution in [1.82, 2.24) is 20.1 Å². The van der Waals surface area contributed by atoms with Crippen molar-refractivity contribution in [2.45, 2.75) is 94.3 Å². The molecule has 0 bridgehead atoms.